The fourth-order valence-corrected chi connectivity index (χ4v) is 4.04. The molecular formula is C22H22N6O6. The standard InChI is InChI=1S/C22H22N6O6/c1-34-20-7-6-17(28(32)33)12-19(20)25-22(29)18-13-24-26(21(18)14-8-10-23-11-9-14)15-2-4-16(5-3-15)27(30)31/h2-7,12-14,23H,8-11H2,1H3,(H,25,29). The van der Waals surface area contributed by atoms with Gasteiger partial charge >= 0.3 is 0 Å². The molecule has 2 aromatic carbocycles. The number of non-ortho nitro benzene ring substituents is 2. The third kappa shape index (κ3) is 4.57. The molecule has 12 nitrogen and oxygen atoms in total. The predicted molar refractivity (Wildman–Crippen MR) is 123 cm³/mol. The highest BCUT2D eigenvalue weighted by molar-refractivity contribution is 6.06. The van der Waals surface area contributed by atoms with Gasteiger partial charge < -0.3 is 15.4 Å². The van der Waals surface area contributed by atoms with E-state index in [4.69, 9.17) is 4.74 Å². The largest absolute Gasteiger partial charge is 0.495 e. The summed E-state index contributed by atoms with van der Waals surface area (Å²) in [7, 11) is 1.41. The van der Waals surface area contributed by atoms with E-state index in [1.807, 2.05) is 0 Å². The van der Waals surface area contributed by atoms with E-state index < -0.39 is 15.8 Å². The first kappa shape index (κ1) is 22.9. The molecule has 12 heteroatoms. The van der Waals surface area contributed by atoms with Crippen LogP contribution in [0.2, 0.25) is 0 Å². The summed E-state index contributed by atoms with van der Waals surface area (Å²) in [6, 6.07) is 9.89. The molecular weight excluding hydrogens is 444 g/mol. The zero-order chi connectivity index (χ0) is 24.2. The number of rotatable bonds is 7. The number of aromatic nitrogens is 2. The lowest BCUT2D eigenvalue weighted by atomic mass is 9.91. The second-order valence-corrected chi connectivity index (χ2v) is 7.75. The number of hydrogen-bond donors (Lipinski definition) is 2. The predicted octanol–water partition coefficient (Wildman–Crippen LogP) is 3.42. The molecule has 0 saturated carbocycles. The highest BCUT2D eigenvalue weighted by Crippen LogP contribution is 2.33. The number of carbonyl (C=O) groups excluding carboxylic acids is 1. The molecule has 1 aliphatic rings. The average molecular weight is 466 g/mol. The molecule has 0 spiro atoms. The number of amides is 1. The minimum absolute atomic E-state index is 0.0201. The van der Waals surface area contributed by atoms with Crippen molar-refractivity contribution < 1.29 is 19.4 Å². The van der Waals surface area contributed by atoms with E-state index in [1.165, 1.54) is 43.6 Å². The third-order valence-corrected chi connectivity index (χ3v) is 5.72. The summed E-state index contributed by atoms with van der Waals surface area (Å²) >= 11 is 0. The fourth-order valence-electron chi connectivity index (χ4n) is 4.04. The van der Waals surface area contributed by atoms with Crippen molar-refractivity contribution in [2.24, 2.45) is 0 Å². The van der Waals surface area contributed by atoms with Crippen molar-refractivity contribution >= 4 is 23.0 Å². The summed E-state index contributed by atoms with van der Waals surface area (Å²) in [4.78, 5) is 34.5. The van der Waals surface area contributed by atoms with Gasteiger partial charge in [0.1, 0.15) is 5.75 Å². The highest BCUT2D eigenvalue weighted by atomic mass is 16.6. The van der Waals surface area contributed by atoms with Gasteiger partial charge in [-0.2, -0.15) is 5.10 Å². The molecule has 34 heavy (non-hydrogen) atoms. The lowest BCUT2D eigenvalue weighted by Crippen LogP contribution is -2.29. The van der Waals surface area contributed by atoms with Crippen molar-refractivity contribution in [2.45, 2.75) is 18.8 Å². The normalized spacial score (nSPS) is 13.9. The number of nitrogens with one attached hydrogen (secondary N) is 2. The van der Waals surface area contributed by atoms with Crippen molar-refractivity contribution in [1.82, 2.24) is 15.1 Å². The number of anilines is 1. The summed E-state index contributed by atoms with van der Waals surface area (Å²) in [5, 5.41) is 32.6. The van der Waals surface area contributed by atoms with Gasteiger partial charge in [0.05, 0.1) is 45.8 Å². The summed E-state index contributed by atoms with van der Waals surface area (Å²) in [6.45, 7) is 1.55. The molecule has 1 aromatic heterocycles. The first-order chi connectivity index (χ1) is 16.4. The minimum Gasteiger partial charge on any atom is -0.495 e. The monoisotopic (exact) mass is 466 g/mol. The van der Waals surface area contributed by atoms with Gasteiger partial charge in [0.15, 0.2) is 0 Å². The van der Waals surface area contributed by atoms with E-state index in [0.29, 0.717) is 16.9 Å². The Bertz CT molecular complexity index is 1230. The highest BCUT2D eigenvalue weighted by Gasteiger charge is 2.28. The number of nitro benzene ring substituents is 2. The van der Waals surface area contributed by atoms with Crippen LogP contribution in [0.5, 0.6) is 5.75 Å². The average Bonchev–Trinajstić information content (AvgIpc) is 3.30. The Morgan fingerprint density at radius 3 is 2.35 bits per heavy atom. The maximum Gasteiger partial charge on any atom is 0.271 e. The number of hydrogen-bond acceptors (Lipinski definition) is 8. The summed E-state index contributed by atoms with van der Waals surface area (Å²) in [5.74, 6) is -0.183. The van der Waals surface area contributed by atoms with Crippen LogP contribution in [0.3, 0.4) is 0 Å². The van der Waals surface area contributed by atoms with Crippen LogP contribution < -0.4 is 15.4 Å². The van der Waals surface area contributed by atoms with Crippen molar-refractivity contribution in [3.8, 4) is 11.4 Å². The third-order valence-electron chi connectivity index (χ3n) is 5.72. The quantitative estimate of drug-likeness (QED) is 0.396. The van der Waals surface area contributed by atoms with Crippen LogP contribution >= 0.6 is 0 Å². The van der Waals surface area contributed by atoms with E-state index in [0.717, 1.165) is 25.9 Å². The van der Waals surface area contributed by atoms with E-state index in [-0.39, 0.29) is 28.7 Å². The molecule has 1 aliphatic heterocycles. The van der Waals surface area contributed by atoms with Crippen molar-refractivity contribution in [2.75, 3.05) is 25.5 Å². The lowest BCUT2D eigenvalue weighted by molar-refractivity contribution is -0.385. The van der Waals surface area contributed by atoms with Gasteiger partial charge in [0, 0.05) is 30.2 Å². The van der Waals surface area contributed by atoms with Crippen LogP contribution in [0.15, 0.2) is 48.7 Å². The van der Waals surface area contributed by atoms with Crippen molar-refractivity contribution in [1.29, 1.82) is 0 Å². The van der Waals surface area contributed by atoms with Crippen LogP contribution in [0.25, 0.3) is 5.69 Å². The van der Waals surface area contributed by atoms with Crippen LogP contribution in [-0.2, 0) is 0 Å². The molecule has 1 saturated heterocycles. The van der Waals surface area contributed by atoms with Crippen LogP contribution in [-0.4, -0.2) is 45.7 Å². The van der Waals surface area contributed by atoms with Gasteiger partial charge in [-0.05, 0) is 44.1 Å². The van der Waals surface area contributed by atoms with Crippen molar-refractivity contribution in [3.63, 3.8) is 0 Å². The Morgan fingerprint density at radius 2 is 1.74 bits per heavy atom. The second kappa shape index (κ2) is 9.67. The number of benzene rings is 2. The first-order valence-electron chi connectivity index (χ1n) is 10.6. The Labute approximate surface area is 193 Å². The molecule has 176 valence electrons. The number of ether oxygens (including phenoxy) is 1. The molecule has 2 heterocycles. The smallest absolute Gasteiger partial charge is 0.271 e. The van der Waals surface area contributed by atoms with Crippen molar-refractivity contribution in [3.05, 3.63) is 80.1 Å². The number of nitro groups is 2. The first-order valence-corrected chi connectivity index (χ1v) is 10.6. The topological polar surface area (TPSA) is 154 Å². The Morgan fingerprint density at radius 1 is 1.09 bits per heavy atom. The van der Waals surface area contributed by atoms with Crippen LogP contribution in [0, 0.1) is 20.2 Å². The SMILES string of the molecule is COc1ccc([N+](=O)[O-])cc1NC(=O)c1cnn(-c2ccc([N+](=O)[O-])cc2)c1C1CCNCC1. The molecule has 0 atom stereocenters. The summed E-state index contributed by atoms with van der Waals surface area (Å²) in [6.07, 6.45) is 3.00. The minimum atomic E-state index is -0.553. The van der Waals surface area contributed by atoms with Gasteiger partial charge in [-0.3, -0.25) is 25.0 Å². The van der Waals surface area contributed by atoms with E-state index >= 15 is 0 Å². The molecule has 1 amide bonds. The van der Waals surface area contributed by atoms with Gasteiger partial charge in [-0.25, -0.2) is 4.68 Å². The molecule has 2 N–H and O–H groups in total. The molecule has 4 rings (SSSR count). The van der Waals surface area contributed by atoms with Gasteiger partial charge in [0.25, 0.3) is 17.3 Å². The Balaban J connectivity index is 1.73. The number of methoxy groups -OCH3 is 1. The molecule has 1 fully saturated rings. The van der Waals surface area contributed by atoms with E-state index in [2.05, 4.69) is 15.7 Å². The molecule has 3 aromatic rings. The number of piperidine rings is 1. The summed E-state index contributed by atoms with van der Waals surface area (Å²) < 4.78 is 6.87. The van der Waals surface area contributed by atoms with Gasteiger partial charge in [0.2, 0.25) is 0 Å². The Kier molecular flexibility index (Phi) is 6.50. The maximum absolute atomic E-state index is 13.3. The zero-order valence-electron chi connectivity index (χ0n) is 18.3. The molecule has 0 radical (unpaired) electrons. The molecule has 0 bridgehead atoms. The fraction of sp³-hybridized carbons (Fsp3) is 0.273. The van der Waals surface area contributed by atoms with Crippen LogP contribution in [0.1, 0.15) is 34.8 Å². The summed E-state index contributed by atoms with van der Waals surface area (Å²) in [5.41, 5.74) is 1.52. The zero-order valence-corrected chi connectivity index (χ0v) is 18.3. The van der Waals surface area contributed by atoms with E-state index in [1.54, 1.807) is 16.8 Å². The van der Waals surface area contributed by atoms with Gasteiger partial charge in [-0.1, -0.05) is 0 Å². The molecule has 0 unspecified atom stereocenters. The number of carbonyl (C=O) groups is 1. The second-order valence-electron chi connectivity index (χ2n) is 7.75. The van der Waals surface area contributed by atoms with Gasteiger partial charge in [-0.15, -0.1) is 0 Å². The van der Waals surface area contributed by atoms with E-state index in [9.17, 15) is 25.0 Å². The molecule has 0 aliphatic carbocycles. The lowest BCUT2D eigenvalue weighted by Gasteiger charge is -2.24. The maximum atomic E-state index is 13.3. The number of nitrogens with zero attached hydrogens (tertiary/aromatic N) is 4. The van der Waals surface area contributed by atoms with Crippen LogP contribution in [0.4, 0.5) is 17.1 Å². The Hall–Kier alpha value is -4.32.